The van der Waals surface area contributed by atoms with Crippen LogP contribution >= 0.6 is 23.4 Å². The fourth-order valence-electron chi connectivity index (χ4n) is 3.80. The molecule has 31 heavy (non-hydrogen) atoms. The Morgan fingerprint density at radius 1 is 1.13 bits per heavy atom. The molecule has 0 aliphatic carbocycles. The van der Waals surface area contributed by atoms with Crippen LogP contribution in [0.2, 0.25) is 5.02 Å². The van der Waals surface area contributed by atoms with Crippen molar-refractivity contribution in [3.63, 3.8) is 0 Å². The van der Waals surface area contributed by atoms with E-state index < -0.39 is 11.1 Å². The third-order valence-electron chi connectivity index (χ3n) is 5.62. The molecule has 0 atom stereocenters. The number of aryl methyl sites for hydroxylation is 1. The Morgan fingerprint density at radius 3 is 2.58 bits per heavy atom. The number of imide groups is 1. The van der Waals surface area contributed by atoms with E-state index in [2.05, 4.69) is 0 Å². The average Bonchev–Trinajstić information content (AvgIpc) is 3.17. The van der Waals surface area contributed by atoms with Crippen LogP contribution < -0.4 is 0 Å². The number of thioether (sulfide) groups is 1. The van der Waals surface area contributed by atoms with E-state index in [1.54, 1.807) is 11.0 Å². The zero-order valence-corrected chi connectivity index (χ0v) is 18.9. The summed E-state index contributed by atoms with van der Waals surface area (Å²) in [5.41, 5.74) is 2.60. The average molecular weight is 458 g/mol. The lowest BCUT2D eigenvalue weighted by atomic mass is 10.2. The van der Waals surface area contributed by atoms with Gasteiger partial charge in [0.1, 0.15) is 6.54 Å². The molecule has 0 unspecified atom stereocenters. The highest BCUT2D eigenvalue weighted by Crippen LogP contribution is 2.33. The summed E-state index contributed by atoms with van der Waals surface area (Å²) in [6.45, 7) is 3.12. The lowest BCUT2D eigenvalue weighted by molar-refractivity contribution is -0.135. The Labute approximate surface area is 190 Å². The van der Waals surface area contributed by atoms with Crippen molar-refractivity contribution in [2.24, 2.45) is 0 Å². The molecule has 1 aromatic heterocycles. The Hall–Kier alpha value is -2.51. The van der Waals surface area contributed by atoms with Gasteiger partial charge in [-0.1, -0.05) is 30.5 Å². The van der Waals surface area contributed by atoms with E-state index in [0.29, 0.717) is 23.0 Å². The van der Waals surface area contributed by atoms with Crippen molar-refractivity contribution in [2.45, 2.75) is 32.6 Å². The summed E-state index contributed by atoms with van der Waals surface area (Å²) < 4.78 is 1.90. The first-order valence-electron chi connectivity index (χ1n) is 10.4. The normalized spacial score (nSPS) is 18.7. The number of halogens is 1. The first-order valence-corrected chi connectivity index (χ1v) is 11.6. The van der Waals surface area contributed by atoms with Gasteiger partial charge >= 0.3 is 0 Å². The quantitative estimate of drug-likeness (QED) is 0.614. The summed E-state index contributed by atoms with van der Waals surface area (Å²) in [6.07, 6.45) is 7.72. The van der Waals surface area contributed by atoms with Crippen LogP contribution in [0, 0.1) is 6.92 Å². The van der Waals surface area contributed by atoms with E-state index in [0.717, 1.165) is 59.3 Å². The maximum absolute atomic E-state index is 12.9. The lowest BCUT2D eigenvalue weighted by Gasteiger charge is -2.22. The minimum atomic E-state index is -0.423. The molecule has 0 bridgehead atoms. The molecular weight excluding hydrogens is 434 g/mol. The predicted molar refractivity (Wildman–Crippen MR) is 123 cm³/mol. The fourth-order valence-corrected chi connectivity index (χ4v) is 4.80. The number of hydrogen-bond acceptors (Lipinski definition) is 4. The maximum atomic E-state index is 12.9. The Balaban J connectivity index is 1.52. The highest BCUT2D eigenvalue weighted by molar-refractivity contribution is 8.18. The van der Waals surface area contributed by atoms with Crippen molar-refractivity contribution in [1.82, 2.24) is 14.4 Å². The second-order valence-electron chi connectivity index (χ2n) is 7.80. The smallest absolute Gasteiger partial charge is 0.294 e. The van der Waals surface area contributed by atoms with E-state index >= 15 is 0 Å². The van der Waals surface area contributed by atoms with Crippen LogP contribution in [0.25, 0.3) is 11.8 Å². The third kappa shape index (κ3) is 4.72. The molecule has 8 heteroatoms. The fraction of sp³-hybridized carbons (Fsp3) is 0.348. The highest BCUT2D eigenvalue weighted by Gasteiger charge is 2.37. The van der Waals surface area contributed by atoms with Crippen LogP contribution in [0.4, 0.5) is 4.79 Å². The SMILES string of the molecule is Cc1ccc(-n2cccc2C=C2SC(=O)N(CC(=O)N3CCCCCC3)C2=O)cc1Cl. The molecule has 0 spiro atoms. The van der Waals surface area contributed by atoms with E-state index in [1.807, 2.05) is 48.0 Å². The predicted octanol–water partition coefficient (Wildman–Crippen LogP) is 4.88. The largest absolute Gasteiger partial charge is 0.341 e. The summed E-state index contributed by atoms with van der Waals surface area (Å²) in [7, 11) is 0. The molecule has 0 saturated carbocycles. The Bertz CT molecular complexity index is 1050. The van der Waals surface area contributed by atoms with Crippen molar-refractivity contribution < 1.29 is 14.4 Å². The molecule has 2 fully saturated rings. The summed E-state index contributed by atoms with van der Waals surface area (Å²) in [4.78, 5) is 41.2. The van der Waals surface area contributed by atoms with Gasteiger partial charge in [-0.3, -0.25) is 19.3 Å². The van der Waals surface area contributed by atoms with Gasteiger partial charge in [0.15, 0.2) is 0 Å². The molecule has 3 heterocycles. The van der Waals surface area contributed by atoms with Gasteiger partial charge in [-0.15, -0.1) is 0 Å². The van der Waals surface area contributed by atoms with Gasteiger partial charge in [-0.2, -0.15) is 0 Å². The van der Waals surface area contributed by atoms with Gasteiger partial charge < -0.3 is 9.47 Å². The summed E-state index contributed by atoms with van der Waals surface area (Å²) >= 11 is 7.13. The molecule has 0 N–H and O–H groups in total. The van der Waals surface area contributed by atoms with E-state index in [4.69, 9.17) is 11.6 Å². The first kappa shape index (κ1) is 21.7. The Morgan fingerprint density at radius 2 is 1.87 bits per heavy atom. The molecule has 6 nitrogen and oxygen atoms in total. The van der Waals surface area contributed by atoms with Crippen LogP contribution in [0.5, 0.6) is 0 Å². The molecule has 1 aromatic carbocycles. The topological polar surface area (TPSA) is 62.6 Å². The van der Waals surface area contributed by atoms with Crippen molar-refractivity contribution in [2.75, 3.05) is 19.6 Å². The van der Waals surface area contributed by atoms with E-state index in [9.17, 15) is 14.4 Å². The first-order chi connectivity index (χ1) is 14.9. The van der Waals surface area contributed by atoms with Crippen molar-refractivity contribution in [1.29, 1.82) is 0 Å². The van der Waals surface area contributed by atoms with Gasteiger partial charge in [0, 0.05) is 35.7 Å². The van der Waals surface area contributed by atoms with Crippen molar-refractivity contribution in [3.8, 4) is 5.69 Å². The maximum Gasteiger partial charge on any atom is 0.294 e. The molecule has 3 amide bonds. The zero-order valence-electron chi connectivity index (χ0n) is 17.3. The van der Waals surface area contributed by atoms with Crippen molar-refractivity contribution in [3.05, 3.63) is 57.7 Å². The number of nitrogens with zero attached hydrogens (tertiary/aromatic N) is 3. The standard InChI is InChI=1S/C23H24ClN3O3S/c1-16-8-9-18(13-19(16)24)26-12-6-7-17(26)14-20-22(29)27(23(30)31-20)15-21(28)25-10-4-2-3-5-11-25/h6-9,12-14H,2-5,10-11,15H2,1H3. The minimum Gasteiger partial charge on any atom is -0.341 e. The van der Waals surface area contributed by atoms with Crippen LogP contribution in [0.1, 0.15) is 36.9 Å². The van der Waals surface area contributed by atoms with Crippen LogP contribution in [0.3, 0.4) is 0 Å². The zero-order chi connectivity index (χ0) is 22.0. The molecule has 2 saturated heterocycles. The molecule has 0 radical (unpaired) electrons. The van der Waals surface area contributed by atoms with Gasteiger partial charge in [-0.05, 0) is 67.4 Å². The number of carbonyl (C=O) groups excluding carboxylic acids is 3. The number of rotatable bonds is 4. The molecule has 4 rings (SSSR count). The van der Waals surface area contributed by atoms with Gasteiger partial charge in [0.25, 0.3) is 11.1 Å². The van der Waals surface area contributed by atoms with E-state index in [-0.39, 0.29) is 12.5 Å². The van der Waals surface area contributed by atoms with Gasteiger partial charge in [-0.25, -0.2) is 0 Å². The number of benzene rings is 1. The molecule has 2 aliphatic heterocycles. The second-order valence-corrected chi connectivity index (χ2v) is 9.20. The van der Waals surface area contributed by atoms with E-state index in [1.165, 1.54) is 0 Å². The molecule has 2 aromatic rings. The number of aromatic nitrogens is 1. The number of likely N-dealkylation sites (tertiary alicyclic amines) is 1. The third-order valence-corrected chi connectivity index (χ3v) is 6.93. The summed E-state index contributed by atoms with van der Waals surface area (Å²) in [5.74, 6) is -0.587. The Kier molecular flexibility index (Phi) is 6.53. The molecule has 2 aliphatic rings. The second kappa shape index (κ2) is 9.32. The number of hydrogen-bond donors (Lipinski definition) is 0. The minimum absolute atomic E-state index is 0.164. The summed E-state index contributed by atoms with van der Waals surface area (Å²) in [6, 6.07) is 9.48. The van der Waals surface area contributed by atoms with Crippen molar-refractivity contribution >= 4 is 46.5 Å². The van der Waals surface area contributed by atoms with Crippen LogP contribution in [-0.4, -0.2) is 51.1 Å². The highest BCUT2D eigenvalue weighted by atomic mass is 35.5. The van der Waals surface area contributed by atoms with Gasteiger partial charge in [0.05, 0.1) is 4.91 Å². The number of carbonyl (C=O) groups is 3. The van der Waals surface area contributed by atoms with Gasteiger partial charge in [0.2, 0.25) is 5.91 Å². The summed E-state index contributed by atoms with van der Waals surface area (Å²) in [5, 5.41) is 0.250. The molecular formula is C23H24ClN3O3S. The monoisotopic (exact) mass is 457 g/mol. The van der Waals surface area contributed by atoms with Crippen LogP contribution in [0.15, 0.2) is 41.4 Å². The number of amides is 3. The molecule has 162 valence electrons. The lowest BCUT2D eigenvalue weighted by Crippen LogP contribution is -2.42. The van der Waals surface area contributed by atoms with Crippen LogP contribution in [-0.2, 0) is 9.59 Å².